The lowest BCUT2D eigenvalue weighted by Gasteiger charge is -2.64. The second-order valence-electron chi connectivity index (χ2n) is 14.8. The molecule has 0 bridgehead atoms. The zero-order valence-corrected chi connectivity index (χ0v) is 22.2. The Labute approximate surface area is 202 Å². The number of hydrogen-bond donors (Lipinski definition) is 3. The number of aliphatic hydroxyl groups excluding tert-OH is 3. The first-order valence-electron chi connectivity index (χ1n) is 14.0. The van der Waals surface area contributed by atoms with Crippen molar-refractivity contribution in [2.45, 2.75) is 118 Å². The van der Waals surface area contributed by atoms with Crippen LogP contribution in [0.4, 0.5) is 0 Å². The molecule has 5 aliphatic rings. The molecule has 188 valence electrons. The van der Waals surface area contributed by atoms with Crippen LogP contribution in [0.1, 0.15) is 106 Å². The summed E-state index contributed by atoms with van der Waals surface area (Å²) in [4.78, 5) is 0. The van der Waals surface area contributed by atoms with Gasteiger partial charge >= 0.3 is 0 Å². The first-order valence-corrected chi connectivity index (χ1v) is 14.0. The van der Waals surface area contributed by atoms with Gasteiger partial charge in [0, 0.05) is 5.41 Å². The normalized spacial score (nSPS) is 55.8. The molecule has 0 amide bonds. The highest BCUT2D eigenvalue weighted by Crippen LogP contribution is 2.70. The van der Waals surface area contributed by atoms with Crippen LogP contribution < -0.4 is 0 Å². The predicted octanol–water partition coefficient (Wildman–Crippen LogP) is 6.11. The third kappa shape index (κ3) is 3.17. The van der Waals surface area contributed by atoms with E-state index in [0.29, 0.717) is 34.5 Å². The van der Waals surface area contributed by atoms with Gasteiger partial charge in [0.25, 0.3) is 0 Å². The minimum absolute atomic E-state index is 0.0164. The third-order valence-corrected chi connectivity index (χ3v) is 13.0. The Kier molecular flexibility index (Phi) is 5.57. The van der Waals surface area contributed by atoms with Crippen LogP contribution in [-0.4, -0.2) is 34.1 Å². The molecule has 0 spiro atoms. The van der Waals surface area contributed by atoms with Crippen molar-refractivity contribution in [2.75, 3.05) is 6.61 Å². The minimum Gasteiger partial charge on any atom is -0.396 e. The van der Waals surface area contributed by atoms with E-state index >= 15 is 0 Å². The van der Waals surface area contributed by atoms with Crippen LogP contribution in [0.3, 0.4) is 0 Å². The summed E-state index contributed by atoms with van der Waals surface area (Å²) in [6.45, 7) is 14.5. The highest BCUT2D eigenvalue weighted by molar-refractivity contribution is 5.25. The van der Waals surface area contributed by atoms with Gasteiger partial charge in [-0.15, -0.1) is 0 Å². The Morgan fingerprint density at radius 1 is 0.758 bits per heavy atom. The number of fused-ring (bicyclic) bond motifs is 6. The van der Waals surface area contributed by atoms with E-state index in [1.165, 1.54) is 25.7 Å². The Hall–Kier alpha value is -0.380. The maximum atomic E-state index is 10.9. The van der Waals surface area contributed by atoms with Crippen molar-refractivity contribution in [3.63, 3.8) is 0 Å². The summed E-state index contributed by atoms with van der Waals surface area (Å²) in [5, 5.41) is 32.2. The van der Waals surface area contributed by atoms with Crippen molar-refractivity contribution in [1.29, 1.82) is 0 Å². The van der Waals surface area contributed by atoms with Gasteiger partial charge in [-0.2, -0.15) is 0 Å². The van der Waals surface area contributed by atoms with E-state index in [2.05, 4.69) is 47.6 Å². The number of hydrogen-bond acceptors (Lipinski definition) is 3. The zero-order chi connectivity index (χ0) is 24.0. The minimum atomic E-state index is -0.378. The maximum Gasteiger partial charge on any atom is 0.0618 e. The van der Waals surface area contributed by atoms with E-state index in [1.807, 2.05) is 0 Å². The molecule has 33 heavy (non-hydrogen) atoms. The van der Waals surface area contributed by atoms with E-state index in [1.54, 1.807) is 5.57 Å². The quantitative estimate of drug-likeness (QED) is 0.415. The molecule has 0 aromatic rings. The van der Waals surface area contributed by atoms with Crippen molar-refractivity contribution < 1.29 is 15.3 Å². The largest absolute Gasteiger partial charge is 0.396 e. The van der Waals surface area contributed by atoms with E-state index < -0.39 is 0 Å². The van der Waals surface area contributed by atoms with Gasteiger partial charge in [-0.3, -0.25) is 0 Å². The molecule has 5 aliphatic carbocycles. The highest BCUT2D eigenvalue weighted by atomic mass is 16.3. The lowest BCUT2D eigenvalue weighted by atomic mass is 9.42. The fraction of sp³-hybridized carbons (Fsp3) is 0.933. The van der Waals surface area contributed by atoms with E-state index in [0.717, 1.165) is 38.5 Å². The van der Waals surface area contributed by atoms with Crippen LogP contribution in [0.25, 0.3) is 0 Å². The van der Waals surface area contributed by atoms with Crippen molar-refractivity contribution in [2.24, 2.45) is 50.7 Å². The molecule has 10 atom stereocenters. The van der Waals surface area contributed by atoms with Gasteiger partial charge in [0.15, 0.2) is 0 Å². The molecule has 3 heteroatoms. The third-order valence-electron chi connectivity index (χ3n) is 13.0. The molecule has 0 heterocycles. The van der Waals surface area contributed by atoms with E-state index in [4.69, 9.17) is 0 Å². The number of allylic oxidation sites excluding steroid dienone is 2. The van der Waals surface area contributed by atoms with Crippen molar-refractivity contribution in [1.82, 2.24) is 0 Å². The molecule has 0 radical (unpaired) electrons. The summed E-state index contributed by atoms with van der Waals surface area (Å²) < 4.78 is 0. The van der Waals surface area contributed by atoms with Crippen molar-refractivity contribution in [3.05, 3.63) is 11.6 Å². The Bertz CT molecular complexity index is 817. The van der Waals surface area contributed by atoms with Gasteiger partial charge in [-0.1, -0.05) is 53.2 Å². The predicted molar refractivity (Wildman–Crippen MR) is 134 cm³/mol. The average molecular weight is 459 g/mol. The molecule has 5 rings (SSSR count). The Balaban J connectivity index is 1.50. The monoisotopic (exact) mass is 458 g/mol. The molecule has 0 aromatic carbocycles. The molecule has 4 fully saturated rings. The fourth-order valence-electron chi connectivity index (χ4n) is 11.0. The molecule has 6 unspecified atom stereocenters. The topological polar surface area (TPSA) is 60.7 Å². The summed E-state index contributed by atoms with van der Waals surface area (Å²) in [6, 6.07) is 0. The average Bonchev–Trinajstić information content (AvgIpc) is 2.91. The molecule has 0 aliphatic heterocycles. The molecule has 0 aromatic heterocycles. The molecule has 0 saturated heterocycles. The maximum absolute atomic E-state index is 10.9. The van der Waals surface area contributed by atoms with Crippen LogP contribution in [0.2, 0.25) is 0 Å². The smallest absolute Gasteiger partial charge is 0.0618 e. The summed E-state index contributed by atoms with van der Waals surface area (Å²) in [5.41, 5.74) is 2.15. The molecular formula is C30H50O3. The van der Waals surface area contributed by atoms with E-state index in [-0.39, 0.29) is 35.1 Å². The molecule has 3 N–H and O–H groups in total. The second-order valence-corrected chi connectivity index (χ2v) is 14.8. The summed E-state index contributed by atoms with van der Waals surface area (Å²) in [5.74, 6) is 2.25. The first-order chi connectivity index (χ1) is 15.3. The van der Waals surface area contributed by atoms with Crippen LogP contribution in [-0.2, 0) is 0 Å². The van der Waals surface area contributed by atoms with Crippen LogP contribution in [0.5, 0.6) is 0 Å². The Morgan fingerprint density at radius 2 is 1.42 bits per heavy atom. The number of aliphatic hydroxyl groups is 3. The van der Waals surface area contributed by atoms with Crippen LogP contribution >= 0.6 is 0 Å². The van der Waals surface area contributed by atoms with Crippen molar-refractivity contribution >= 4 is 0 Å². The number of rotatable bonds is 1. The van der Waals surface area contributed by atoms with Crippen LogP contribution in [0.15, 0.2) is 11.6 Å². The lowest BCUT2D eigenvalue weighted by molar-refractivity contribution is -0.189. The standard InChI is InChI=1S/C30H50O3/c1-26(2)21-9-7-19-17-27(3)14-11-23-29(5,16-13-25(33)30(23,6)18-31)22(27)10-8-20(19)28(21,4)15-12-24(26)32/h7,20-25,31-33H,8-18H2,1-6H3/t20?,21?,22?,23?,24?,25?,27-,28+,29+,30+/m0/s1. The molecular weight excluding hydrogens is 408 g/mol. The SMILES string of the molecule is CC1(C)C(O)CC[C@]2(C)C3CCC4[C@@](C)(CCC5[C@@](C)(CO)C(O)CC[C@]45C)CC3=CCC12. The molecule has 4 saturated carbocycles. The lowest BCUT2D eigenvalue weighted by Crippen LogP contribution is -2.60. The van der Waals surface area contributed by atoms with Gasteiger partial charge in [0.2, 0.25) is 0 Å². The summed E-state index contributed by atoms with van der Waals surface area (Å²) in [6.07, 6.45) is 13.3. The van der Waals surface area contributed by atoms with Gasteiger partial charge in [0.1, 0.15) is 0 Å². The molecule has 3 nitrogen and oxygen atoms in total. The summed E-state index contributed by atoms with van der Waals surface area (Å²) >= 11 is 0. The second kappa shape index (κ2) is 7.56. The van der Waals surface area contributed by atoms with Gasteiger partial charge in [-0.25, -0.2) is 0 Å². The highest BCUT2D eigenvalue weighted by Gasteiger charge is 2.63. The van der Waals surface area contributed by atoms with Gasteiger partial charge < -0.3 is 15.3 Å². The van der Waals surface area contributed by atoms with Crippen molar-refractivity contribution in [3.8, 4) is 0 Å². The fourth-order valence-corrected chi connectivity index (χ4v) is 11.0. The van der Waals surface area contributed by atoms with Gasteiger partial charge in [-0.05, 0) is 110 Å². The van der Waals surface area contributed by atoms with Gasteiger partial charge in [0.05, 0.1) is 18.8 Å². The summed E-state index contributed by atoms with van der Waals surface area (Å²) in [7, 11) is 0. The zero-order valence-electron chi connectivity index (χ0n) is 22.2. The first kappa shape index (κ1) is 24.3. The Morgan fingerprint density at radius 3 is 2.12 bits per heavy atom. The van der Waals surface area contributed by atoms with E-state index in [9.17, 15) is 15.3 Å². The van der Waals surface area contributed by atoms with Crippen LogP contribution in [0, 0.1) is 50.7 Å².